The van der Waals surface area contributed by atoms with Gasteiger partial charge in [-0.2, -0.15) is 0 Å². The third-order valence-corrected chi connectivity index (χ3v) is 10.2. The van der Waals surface area contributed by atoms with Gasteiger partial charge in [0.25, 0.3) is 0 Å². The maximum atomic E-state index is 13.6. The number of piperidine rings is 2. The first-order valence-corrected chi connectivity index (χ1v) is 15.1. The molecule has 10 heteroatoms. The maximum Gasteiger partial charge on any atom is 0.313 e. The lowest BCUT2D eigenvalue weighted by Crippen LogP contribution is -2.46. The van der Waals surface area contributed by atoms with E-state index in [0.717, 1.165) is 48.0 Å². The van der Waals surface area contributed by atoms with Crippen molar-refractivity contribution in [3.8, 4) is 0 Å². The smallest absolute Gasteiger partial charge is 0.313 e. The molecule has 2 saturated heterocycles. The SMILES string of the molecule is C[C@H]1CC[C@H](c2ccc3sc(C4CCN(C)C(C)(C)C4)nc3c2)N(C(=O)C(=O)Nc2cncc3c(N)nccc23)C1. The molecule has 5 heterocycles. The van der Waals surface area contributed by atoms with Gasteiger partial charge in [-0.1, -0.05) is 13.0 Å². The molecule has 2 fully saturated rings. The fourth-order valence-corrected chi connectivity index (χ4v) is 7.40. The third kappa shape index (κ3) is 5.26. The molecule has 0 radical (unpaired) electrons. The van der Waals surface area contributed by atoms with Crippen molar-refractivity contribution in [2.75, 3.05) is 31.2 Å². The molecular formula is C31H37N7O2S. The second-order valence-electron chi connectivity index (χ2n) is 12.3. The summed E-state index contributed by atoms with van der Waals surface area (Å²) in [5, 5.41) is 5.30. The van der Waals surface area contributed by atoms with Crippen molar-refractivity contribution in [2.45, 2.75) is 64.0 Å². The molecule has 1 aromatic carbocycles. The van der Waals surface area contributed by atoms with Gasteiger partial charge in [0.1, 0.15) is 5.82 Å². The van der Waals surface area contributed by atoms with Crippen LogP contribution in [0, 0.1) is 5.92 Å². The van der Waals surface area contributed by atoms with Crippen LogP contribution in [0.2, 0.25) is 0 Å². The number of likely N-dealkylation sites (tertiary alicyclic amines) is 2. The van der Waals surface area contributed by atoms with Crippen molar-refractivity contribution in [1.29, 1.82) is 0 Å². The van der Waals surface area contributed by atoms with Crippen LogP contribution in [-0.2, 0) is 9.59 Å². The lowest BCUT2D eigenvalue weighted by Gasteiger charge is -2.43. The van der Waals surface area contributed by atoms with Crippen LogP contribution in [0.15, 0.2) is 42.9 Å². The molecule has 9 nitrogen and oxygen atoms in total. The van der Waals surface area contributed by atoms with Crippen LogP contribution in [0.3, 0.4) is 0 Å². The van der Waals surface area contributed by atoms with Crippen molar-refractivity contribution in [1.82, 2.24) is 24.8 Å². The molecule has 0 aliphatic carbocycles. The summed E-state index contributed by atoms with van der Waals surface area (Å²) in [6.45, 7) is 8.32. The fourth-order valence-electron chi connectivity index (χ4n) is 6.31. The van der Waals surface area contributed by atoms with Gasteiger partial charge >= 0.3 is 11.8 Å². The monoisotopic (exact) mass is 571 g/mol. The number of aromatic nitrogens is 3. The molecule has 0 spiro atoms. The van der Waals surface area contributed by atoms with E-state index in [1.165, 1.54) is 11.2 Å². The van der Waals surface area contributed by atoms with E-state index < -0.39 is 11.8 Å². The molecule has 41 heavy (non-hydrogen) atoms. The minimum atomic E-state index is -0.685. The van der Waals surface area contributed by atoms with Crippen molar-refractivity contribution < 1.29 is 9.59 Å². The predicted octanol–water partition coefficient (Wildman–Crippen LogP) is 5.35. The van der Waals surface area contributed by atoms with E-state index in [9.17, 15) is 9.59 Å². The van der Waals surface area contributed by atoms with E-state index in [1.807, 2.05) is 0 Å². The molecule has 3 aromatic heterocycles. The van der Waals surface area contributed by atoms with E-state index in [4.69, 9.17) is 10.7 Å². The zero-order valence-electron chi connectivity index (χ0n) is 24.1. The minimum absolute atomic E-state index is 0.151. The number of fused-ring (bicyclic) bond motifs is 2. The largest absolute Gasteiger partial charge is 0.383 e. The highest BCUT2D eigenvalue weighted by atomic mass is 32.1. The average molecular weight is 572 g/mol. The number of amides is 2. The van der Waals surface area contributed by atoms with Crippen LogP contribution in [0.4, 0.5) is 11.5 Å². The summed E-state index contributed by atoms with van der Waals surface area (Å²) in [6, 6.07) is 7.92. The van der Waals surface area contributed by atoms with Gasteiger partial charge in [0.2, 0.25) is 0 Å². The Balaban J connectivity index is 1.25. The summed E-state index contributed by atoms with van der Waals surface area (Å²) in [4.78, 5) is 44.5. The van der Waals surface area contributed by atoms with Crippen molar-refractivity contribution in [2.24, 2.45) is 5.92 Å². The van der Waals surface area contributed by atoms with Crippen molar-refractivity contribution in [3.05, 3.63) is 53.4 Å². The number of rotatable bonds is 3. The number of carbonyl (C=O) groups excluding carboxylic acids is 2. The molecule has 1 unspecified atom stereocenters. The quantitative estimate of drug-likeness (QED) is 0.319. The summed E-state index contributed by atoms with van der Waals surface area (Å²) < 4.78 is 1.16. The molecule has 2 aliphatic heterocycles. The molecule has 0 bridgehead atoms. The number of benzene rings is 1. The molecule has 214 valence electrons. The molecule has 2 amide bonds. The number of pyridine rings is 2. The van der Waals surface area contributed by atoms with Crippen LogP contribution in [0.1, 0.15) is 69.0 Å². The number of hydrogen-bond acceptors (Lipinski definition) is 8. The summed E-state index contributed by atoms with van der Waals surface area (Å²) in [6.07, 6.45) is 8.69. The Morgan fingerprint density at radius 2 is 1.95 bits per heavy atom. The van der Waals surface area contributed by atoms with Gasteiger partial charge < -0.3 is 20.9 Å². The normalized spacial score (nSPS) is 23.1. The average Bonchev–Trinajstić information content (AvgIpc) is 3.38. The third-order valence-electron chi connectivity index (χ3n) is 8.99. The first kappa shape index (κ1) is 27.5. The number of nitrogen functional groups attached to an aromatic ring is 1. The van der Waals surface area contributed by atoms with Gasteiger partial charge in [0.05, 0.1) is 33.2 Å². The summed E-state index contributed by atoms with van der Waals surface area (Å²) in [5.41, 5.74) is 8.57. The highest BCUT2D eigenvalue weighted by Gasteiger charge is 2.36. The number of nitrogens with two attached hydrogens (primary N) is 1. The first-order valence-electron chi connectivity index (χ1n) is 14.3. The van der Waals surface area contributed by atoms with E-state index in [2.05, 4.69) is 66.2 Å². The Morgan fingerprint density at radius 3 is 2.76 bits per heavy atom. The summed E-state index contributed by atoms with van der Waals surface area (Å²) in [5.74, 6) is -0.157. The van der Waals surface area contributed by atoms with Gasteiger partial charge in [-0.3, -0.25) is 14.6 Å². The maximum absolute atomic E-state index is 13.6. The Hall–Kier alpha value is -3.63. The second kappa shape index (κ2) is 10.6. The van der Waals surface area contributed by atoms with Crippen LogP contribution < -0.4 is 11.1 Å². The Labute approximate surface area is 244 Å². The lowest BCUT2D eigenvalue weighted by atomic mass is 9.83. The highest BCUT2D eigenvalue weighted by molar-refractivity contribution is 7.18. The van der Waals surface area contributed by atoms with Crippen molar-refractivity contribution >= 4 is 55.6 Å². The second-order valence-corrected chi connectivity index (χ2v) is 13.4. The number of nitrogens with zero attached hydrogens (tertiary/aromatic N) is 5. The molecule has 3 N–H and O–H groups in total. The predicted molar refractivity (Wildman–Crippen MR) is 164 cm³/mol. The fraction of sp³-hybridized carbons (Fsp3) is 0.452. The molecule has 0 saturated carbocycles. The number of nitrogens with one attached hydrogen (secondary N) is 1. The van der Waals surface area contributed by atoms with E-state index in [-0.39, 0.29) is 11.6 Å². The summed E-state index contributed by atoms with van der Waals surface area (Å²) >= 11 is 1.78. The van der Waals surface area contributed by atoms with Crippen LogP contribution in [0.5, 0.6) is 0 Å². The highest BCUT2D eigenvalue weighted by Crippen LogP contribution is 2.41. The Kier molecular flexibility index (Phi) is 7.15. The lowest BCUT2D eigenvalue weighted by molar-refractivity contribution is -0.146. The van der Waals surface area contributed by atoms with Crippen LogP contribution in [-0.4, -0.2) is 62.2 Å². The van der Waals surface area contributed by atoms with E-state index in [1.54, 1.807) is 34.7 Å². The van der Waals surface area contributed by atoms with Gasteiger partial charge in [-0.05, 0) is 82.8 Å². The summed E-state index contributed by atoms with van der Waals surface area (Å²) in [7, 11) is 2.20. The zero-order chi connectivity index (χ0) is 28.9. The Morgan fingerprint density at radius 1 is 1.12 bits per heavy atom. The number of hydrogen-bond donors (Lipinski definition) is 2. The van der Waals surface area contributed by atoms with E-state index >= 15 is 0 Å². The number of carbonyl (C=O) groups is 2. The zero-order valence-corrected chi connectivity index (χ0v) is 24.9. The standard InChI is InChI=1S/C31H37N7O2S/c1-18-5-7-25(19-6-8-26-23(13-19)36-29(41-26)20-10-12-37(4)31(2,3)14-20)38(17-18)30(40)28(39)35-24-16-33-15-22-21(24)9-11-34-27(22)32/h6,8-9,11,13,15-16,18,20,25H,5,7,10,12,14,17H2,1-4H3,(H2,32,34)(H,35,39)/t18-,20?,25+/m0/s1. The number of anilines is 2. The number of thiazole rings is 1. The molecule has 4 aromatic rings. The van der Waals surface area contributed by atoms with Crippen LogP contribution >= 0.6 is 11.3 Å². The van der Waals surface area contributed by atoms with Gasteiger partial charge in [-0.25, -0.2) is 9.97 Å². The first-order chi connectivity index (χ1) is 19.6. The van der Waals surface area contributed by atoms with Crippen molar-refractivity contribution in [3.63, 3.8) is 0 Å². The van der Waals surface area contributed by atoms with Gasteiger partial charge in [-0.15, -0.1) is 11.3 Å². The minimum Gasteiger partial charge on any atom is -0.383 e. The molecule has 3 atom stereocenters. The topological polar surface area (TPSA) is 117 Å². The van der Waals surface area contributed by atoms with E-state index in [0.29, 0.717) is 40.7 Å². The molecule has 6 rings (SSSR count). The van der Waals surface area contributed by atoms with Crippen LogP contribution in [0.25, 0.3) is 21.0 Å². The molecule has 2 aliphatic rings. The van der Waals surface area contributed by atoms with Gasteiger partial charge in [0.15, 0.2) is 0 Å². The molecular weight excluding hydrogens is 534 g/mol. The van der Waals surface area contributed by atoms with Gasteiger partial charge in [0, 0.05) is 41.2 Å². The Bertz CT molecular complexity index is 1630.